The van der Waals surface area contributed by atoms with Crippen LogP contribution in [0, 0.1) is 17.3 Å². The Labute approximate surface area is 143 Å². The van der Waals surface area contributed by atoms with Crippen molar-refractivity contribution in [3.8, 4) is 11.8 Å². The number of amides is 2. The zero-order valence-electron chi connectivity index (χ0n) is 14.4. The molecule has 0 radical (unpaired) electrons. The Kier molecular flexibility index (Phi) is 4.31. The number of rotatable bonds is 1. The Morgan fingerprint density at radius 3 is 2.42 bits per heavy atom. The molecule has 3 nitrogen and oxygen atoms in total. The largest absolute Gasteiger partial charge is 0.337 e. The number of hydrogen-bond donors (Lipinski definition) is 1. The van der Waals surface area contributed by atoms with Gasteiger partial charge in [-0.1, -0.05) is 62.9 Å². The van der Waals surface area contributed by atoms with Gasteiger partial charge in [0.1, 0.15) is 0 Å². The average Bonchev–Trinajstić information content (AvgIpc) is 2.54. The van der Waals surface area contributed by atoms with Crippen LogP contribution in [0.25, 0.3) is 0 Å². The van der Waals surface area contributed by atoms with Crippen LogP contribution in [0.4, 0.5) is 10.5 Å². The van der Waals surface area contributed by atoms with Crippen molar-refractivity contribution in [3.05, 3.63) is 65.2 Å². The van der Waals surface area contributed by atoms with Crippen molar-refractivity contribution < 1.29 is 4.79 Å². The maximum Gasteiger partial charge on any atom is 0.322 e. The normalized spacial score (nSPS) is 12.9. The molecule has 2 aromatic carbocycles. The number of fused-ring (bicyclic) bond motifs is 2. The van der Waals surface area contributed by atoms with E-state index in [-0.39, 0.29) is 11.4 Å². The van der Waals surface area contributed by atoms with E-state index in [0.29, 0.717) is 13.1 Å². The van der Waals surface area contributed by atoms with Crippen molar-refractivity contribution in [2.45, 2.75) is 27.3 Å². The highest BCUT2D eigenvalue weighted by Gasteiger charge is 2.22. The molecule has 0 aromatic heterocycles. The van der Waals surface area contributed by atoms with E-state index in [1.54, 1.807) is 4.90 Å². The minimum atomic E-state index is -0.0871. The van der Waals surface area contributed by atoms with Gasteiger partial charge in [-0.15, -0.1) is 0 Å². The third-order valence-electron chi connectivity index (χ3n) is 3.89. The predicted octanol–water partition coefficient (Wildman–Crippen LogP) is 4.16. The number of anilines is 1. The summed E-state index contributed by atoms with van der Waals surface area (Å²) in [4.78, 5) is 14.6. The molecule has 1 N–H and O–H groups in total. The Balaban J connectivity index is 2.00. The molecule has 3 heteroatoms. The predicted molar refractivity (Wildman–Crippen MR) is 97.9 cm³/mol. The molecule has 0 saturated carbocycles. The molecular formula is C21H22N2O. The number of carbonyl (C=O) groups is 1. The molecule has 0 unspecified atom stereocenters. The maximum absolute atomic E-state index is 12.8. The molecule has 24 heavy (non-hydrogen) atoms. The first-order chi connectivity index (χ1) is 11.4. The lowest BCUT2D eigenvalue weighted by atomic mass is 9.97. The van der Waals surface area contributed by atoms with E-state index < -0.39 is 0 Å². The van der Waals surface area contributed by atoms with Gasteiger partial charge in [0.2, 0.25) is 0 Å². The quantitative estimate of drug-likeness (QED) is 0.787. The van der Waals surface area contributed by atoms with Gasteiger partial charge in [-0.05, 0) is 29.2 Å². The lowest BCUT2D eigenvalue weighted by Crippen LogP contribution is -2.43. The van der Waals surface area contributed by atoms with E-state index in [1.807, 2.05) is 48.5 Å². The standard InChI is InChI=1S/C21H22N2O/c1-21(2,3)15-22-20(24)23-14-18-10-5-4-8-16(18)12-13-17-9-6-7-11-19(17)23/h4-11H,14-15H2,1-3H3,(H,22,24). The Morgan fingerprint density at radius 1 is 1.04 bits per heavy atom. The first-order valence-electron chi connectivity index (χ1n) is 8.18. The Hall–Kier alpha value is -2.73. The summed E-state index contributed by atoms with van der Waals surface area (Å²) in [6, 6.07) is 15.7. The summed E-state index contributed by atoms with van der Waals surface area (Å²) in [5, 5.41) is 3.05. The zero-order valence-corrected chi connectivity index (χ0v) is 14.4. The van der Waals surface area contributed by atoms with Crippen LogP contribution in [0.3, 0.4) is 0 Å². The van der Waals surface area contributed by atoms with Crippen LogP contribution >= 0.6 is 0 Å². The van der Waals surface area contributed by atoms with E-state index in [2.05, 4.69) is 37.9 Å². The summed E-state index contributed by atoms with van der Waals surface area (Å²) in [5.74, 6) is 6.44. The van der Waals surface area contributed by atoms with Gasteiger partial charge in [-0.3, -0.25) is 4.90 Å². The van der Waals surface area contributed by atoms with Gasteiger partial charge in [0.05, 0.1) is 12.2 Å². The van der Waals surface area contributed by atoms with Crippen LogP contribution in [0.5, 0.6) is 0 Å². The van der Waals surface area contributed by atoms with Crippen LogP contribution in [0.15, 0.2) is 48.5 Å². The zero-order chi connectivity index (χ0) is 17.2. The first kappa shape index (κ1) is 16.1. The van der Waals surface area contributed by atoms with E-state index in [9.17, 15) is 4.79 Å². The maximum atomic E-state index is 12.8. The van der Waals surface area contributed by atoms with Crippen LogP contribution in [0.1, 0.15) is 37.5 Å². The minimum Gasteiger partial charge on any atom is -0.337 e. The van der Waals surface area contributed by atoms with Gasteiger partial charge in [0, 0.05) is 17.7 Å². The molecule has 0 bridgehead atoms. The van der Waals surface area contributed by atoms with Gasteiger partial charge < -0.3 is 5.32 Å². The summed E-state index contributed by atoms with van der Waals surface area (Å²) >= 11 is 0. The van der Waals surface area contributed by atoms with Gasteiger partial charge in [-0.2, -0.15) is 0 Å². The molecule has 2 amide bonds. The molecule has 3 rings (SSSR count). The SMILES string of the molecule is CC(C)(C)CNC(=O)N1Cc2ccccc2C#Cc2ccccc21. The monoisotopic (exact) mass is 318 g/mol. The number of urea groups is 1. The topological polar surface area (TPSA) is 32.3 Å². The number of para-hydroxylation sites is 1. The molecule has 2 aromatic rings. The Morgan fingerprint density at radius 2 is 1.67 bits per heavy atom. The number of hydrogen-bond acceptors (Lipinski definition) is 1. The summed E-state index contributed by atoms with van der Waals surface area (Å²) in [7, 11) is 0. The van der Waals surface area contributed by atoms with Gasteiger partial charge in [-0.25, -0.2) is 4.79 Å². The van der Waals surface area contributed by atoms with Crippen molar-refractivity contribution in [3.63, 3.8) is 0 Å². The molecule has 1 aliphatic rings. The van der Waals surface area contributed by atoms with E-state index in [1.165, 1.54) is 0 Å². The average molecular weight is 318 g/mol. The second kappa shape index (κ2) is 6.41. The van der Waals surface area contributed by atoms with Crippen LogP contribution < -0.4 is 10.2 Å². The third kappa shape index (κ3) is 3.60. The molecule has 1 aliphatic heterocycles. The fourth-order valence-corrected chi connectivity index (χ4v) is 2.60. The van der Waals surface area contributed by atoms with E-state index in [4.69, 9.17) is 0 Å². The third-order valence-corrected chi connectivity index (χ3v) is 3.89. The minimum absolute atomic E-state index is 0.0373. The molecule has 122 valence electrons. The van der Waals surface area contributed by atoms with Gasteiger partial charge >= 0.3 is 6.03 Å². The molecule has 0 fully saturated rings. The van der Waals surface area contributed by atoms with E-state index in [0.717, 1.165) is 22.4 Å². The number of benzene rings is 2. The van der Waals surface area contributed by atoms with Crippen molar-refractivity contribution in [2.75, 3.05) is 11.4 Å². The highest BCUT2D eigenvalue weighted by atomic mass is 16.2. The summed E-state index contributed by atoms with van der Waals surface area (Å²) < 4.78 is 0. The second-order valence-electron chi connectivity index (χ2n) is 7.23. The fourth-order valence-electron chi connectivity index (χ4n) is 2.60. The first-order valence-corrected chi connectivity index (χ1v) is 8.18. The number of nitrogens with one attached hydrogen (secondary N) is 1. The molecule has 1 heterocycles. The lowest BCUT2D eigenvalue weighted by Gasteiger charge is -2.28. The lowest BCUT2D eigenvalue weighted by molar-refractivity contribution is 0.240. The molecule has 0 saturated heterocycles. The summed E-state index contributed by atoms with van der Waals surface area (Å²) in [5.41, 5.74) is 3.80. The Bertz CT molecular complexity index is 821. The second-order valence-corrected chi connectivity index (χ2v) is 7.23. The fraction of sp³-hybridized carbons (Fsp3) is 0.286. The van der Waals surface area contributed by atoms with E-state index >= 15 is 0 Å². The highest BCUT2D eigenvalue weighted by Crippen LogP contribution is 2.25. The summed E-state index contributed by atoms with van der Waals surface area (Å²) in [6.07, 6.45) is 0. The van der Waals surface area contributed by atoms with Crippen molar-refractivity contribution >= 4 is 11.7 Å². The van der Waals surface area contributed by atoms with Crippen molar-refractivity contribution in [1.29, 1.82) is 0 Å². The highest BCUT2D eigenvalue weighted by molar-refractivity contribution is 5.93. The molecule has 0 atom stereocenters. The van der Waals surface area contributed by atoms with Crippen LogP contribution in [0.2, 0.25) is 0 Å². The number of carbonyl (C=O) groups excluding carboxylic acids is 1. The smallest absolute Gasteiger partial charge is 0.322 e. The molecular weight excluding hydrogens is 296 g/mol. The van der Waals surface area contributed by atoms with Gasteiger partial charge in [0.15, 0.2) is 0 Å². The summed E-state index contributed by atoms with van der Waals surface area (Å²) in [6.45, 7) is 7.45. The molecule has 0 aliphatic carbocycles. The van der Waals surface area contributed by atoms with Gasteiger partial charge in [0.25, 0.3) is 0 Å². The van der Waals surface area contributed by atoms with Crippen LogP contribution in [-0.2, 0) is 6.54 Å². The number of nitrogens with zero attached hydrogens (tertiary/aromatic N) is 1. The molecule has 0 spiro atoms. The van der Waals surface area contributed by atoms with Crippen LogP contribution in [-0.4, -0.2) is 12.6 Å². The van der Waals surface area contributed by atoms with Crippen molar-refractivity contribution in [2.24, 2.45) is 5.41 Å². The van der Waals surface area contributed by atoms with Crippen molar-refractivity contribution in [1.82, 2.24) is 5.32 Å².